The predicted octanol–water partition coefficient (Wildman–Crippen LogP) is 4.89. The number of urea groups is 1. The van der Waals surface area contributed by atoms with E-state index in [-0.39, 0.29) is 23.9 Å². The maximum absolute atomic E-state index is 13.6. The van der Waals surface area contributed by atoms with Crippen molar-refractivity contribution >= 4 is 34.0 Å². The Morgan fingerprint density at radius 3 is 2.74 bits per heavy atom. The Kier molecular flexibility index (Phi) is 6.55. The summed E-state index contributed by atoms with van der Waals surface area (Å²) in [4.78, 5) is 25.7. The number of aromatic nitrogens is 2. The third kappa shape index (κ3) is 4.42. The fraction of sp³-hybridized carbons (Fsp3) is 0.357. The number of halogens is 1. The highest BCUT2D eigenvalue weighted by Gasteiger charge is 2.48. The van der Waals surface area contributed by atoms with Gasteiger partial charge in [0.25, 0.3) is 0 Å². The number of aliphatic hydroxyl groups excluding tert-OH is 1. The maximum atomic E-state index is 13.6. The monoisotopic (exact) mass is 535 g/mol. The largest absolute Gasteiger partial charge is 0.497 e. The number of anilines is 1. The third-order valence-electron chi connectivity index (χ3n) is 7.93. The van der Waals surface area contributed by atoms with Crippen LogP contribution in [0.25, 0.3) is 10.9 Å². The van der Waals surface area contributed by atoms with Crippen molar-refractivity contribution < 1.29 is 19.0 Å². The topological polar surface area (TPSA) is 93.7 Å². The van der Waals surface area contributed by atoms with Gasteiger partial charge in [0.05, 0.1) is 26.3 Å². The van der Waals surface area contributed by atoms with Crippen LogP contribution in [0, 0.1) is 5.82 Å². The lowest BCUT2D eigenvalue weighted by atomic mass is 9.68. The van der Waals surface area contributed by atoms with E-state index in [9.17, 15) is 14.3 Å². The summed E-state index contributed by atoms with van der Waals surface area (Å²) in [5, 5.41) is 17.6. The van der Waals surface area contributed by atoms with Crippen molar-refractivity contribution in [2.45, 2.75) is 30.8 Å². The Morgan fingerprint density at radius 2 is 2.05 bits per heavy atom. The Hall–Kier alpha value is -3.47. The van der Waals surface area contributed by atoms with Gasteiger partial charge in [0.15, 0.2) is 0 Å². The quantitative estimate of drug-likeness (QED) is 0.339. The van der Waals surface area contributed by atoms with Gasteiger partial charge in [0.2, 0.25) is 0 Å². The Labute approximate surface area is 224 Å². The summed E-state index contributed by atoms with van der Waals surface area (Å²) >= 11 is 1.67. The number of nitrogens with zero attached hydrogens (tertiary/aromatic N) is 3. The first-order valence-corrected chi connectivity index (χ1v) is 13.6. The molecule has 6 rings (SSSR count). The summed E-state index contributed by atoms with van der Waals surface area (Å²) in [5.74, 6) is 0.380. The molecule has 2 aliphatic rings. The standard InChI is InChI=1S/C28H30FN5O3S/c1-37-20-6-7-21-22(14-20)32-26-23(16-35)34(27(36)31-19-4-2-18(29)3-5-19)17-28(25(21)26)8-11-33(12-9-28)15-24-30-10-13-38-24/h2-7,10,13-14,23,32,35H,8-9,11-12,15-17H2,1H3,(H,31,36)/t23-/m1/s1. The molecule has 2 amide bonds. The number of carbonyl (C=O) groups excluding carboxylic acids is 1. The van der Waals surface area contributed by atoms with Crippen LogP contribution >= 0.6 is 11.3 Å². The van der Waals surface area contributed by atoms with E-state index in [4.69, 9.17) is 4.74 Å². The van der Waals surface area contributed by atoms with Crippen molar-refractivity contribution in [2.75, 3.05) is 38.7 Å². The number of hydrogen-bond acceptors (Lipinski definition) is 6. The molecule has 0 saturated carbocycles. The van der Waals surface area contributed by atoms with Gasteiger partial charge in [-0.25, -0.2) is 14.2 Å². The molecule has 38 heavy (non-hydrogen) atoms. The van der Waals surface area contributed by atoms with Crippen LogP contribution in [0.2, 0.25) is 0 Å². The SMILES string of the molecule is COc1ccc2c3c([nH]c2c1)[C@@H](CO)N(C(=O)Nc1ccc(F)cc1)CC31CCN(Cc2nccs2)CC1. The van der Waals surface area contributed by atoms with Gasteiger partial charge in [-0.1, -0.05) is 0 Å². The van der Waals surface area contributed by atoms with Gasteiger partial charge in [0, 0.05) is 51.9 Å². The first-order chi connectivity index (χ1) is 18.5. The number of methoxy groups -OCH3 is 1. The lowest BCUT2D eigenvalue weighted by Crippen LogP contribution is -2.56. The number of aromatic amines is 1. The molecule has 1 spiro atoms. The molecule has 0 radical (unpaired) electrons. The zero-order valence-electron chi connectivity index (χ0n) is 21.1. The Balaban J connectivity index is 1.37. The van der Waals surface area contributed by atoms with Gasteiger partial charge >= 0.3 is 6.03 Å². The van der Waals surface area contributed by atoms with Gasteiger partial charge in [-0.05, 0) is 67.9 Å². The molecule has 1 saturated heterocycles. The average Bonchev–Trinajstić information content (AvgIpc) is 3.59. The van der Waals surface area contributed by atoms with E-state index in [1.807, 2.05) is 23.7 Å². The van der Waals surface area contributed by atoms with E-state index in [0.717, 1.165) is 59.8 Å². The summed E-state index contributed by atoms with van der Waals surface area (Å²) in [5.41, 5.74) is 3.21. The first-order valence-electron chi connectivity index (χ1n) is 12.7. The Morgan fingerprint density at radius 1 is 1.26 bits per heavy atom. The minimum Gasteiger partial charge on any atom is -0.497 e. The van der Waals surface area contributed by atoms with Gasteiger partial charge in [0.1, 0.15) is 16.6 Å². The number of rotatable bonds is 5. The number of fused-ring (bicyclic) bond motifs is 4. The van der Waals surface area contributed by atoms with Crippen LogP contribution < -0.4 is 10.1 Å². The van der Waals surface area contributed by atoms with Crippen LogP contribution in [0.3, 0.4) is 0 Å². The smallest absolute Gasteiger partial charge is 0.322 e. The van der Waals surface area contributed by atoms with Crippen molar-refractivity contribution in [1.82, 2.24) is 19.8 Å². The Bertz CT molecular complexity index is 1430. The van der Waals surface area contributed by atoms with Crippen molar-refractivity contribution in [3.05, 3.63) is 76.1 Å². The van der Waals surface area contributed by atoms with Gasteiger partial charge in [-0.2, -0.15) is 0 Å². The zero-order chi connectivity index (χ0) is 26.3. The number of H-pyrrole nitrogens is 1. The molecule has 2 aromatic heterocycles. The number of benzene rings is 2. The molecule has 3 N–H and O–H groups in total. The average molecular weight is 536 g/mol. The fourth-order valence-corrected chi connectivity index (χ4v) is 6.68. The second kappa shape index (κ2) is 10.0. The van der Waals surface area contributed by atoms with E-state index >= 15 is 0 Å². The summed E-state index contributed by atoms with van der Waals surface area (Å²) in [6, 6.07) is 10.9. The minimum absolute atomic E-state index is 0.222. The number of nitrogens with one attached hydrogen (secondary N) is 2. The van der Waals surface area contributed by atoms with Crippen LogP contribution in [0.15, 0.2) is 54.0 Å². The van der Waals surface area contributed by atoms with Crippen LogP contribution in [0.1, 0.15) is 35.1 Å². The molecular formula is C28H30FN5O3S. The van der Waals surface area contributed by atoms with Crippen molar-refractivity contribution in [1.29, 1.82) is 0 Å². The molecule has 0 unspecified atom stereocenters. The number of carbonyl (C=O) groups is 1. The molecule has 1 fully saturated rings. The van der Waals surface area contributed by atoms with Crippen LogP contribution in [0.5, 0.6) is 5.75 Å². The summed E-state index contributed by atoms with van der Waals surface area (Å²) < 4.78 is 18.9. The van der Waals surface area contributed by atoms with E-state index in [0.29, 0.717) is 12.2 Å². The molecule has 198 valence electrons. The molecule has 2 aromatic carbocycles. The minimum atomic E-state index is -0.539. The number of likely N-dealkylation sites (tertiary alicyclic amines) is 1. The number of ether oxygens (including phenoxy) is 1. The molecule has 0 aliphatic carbocycles. The van der Waals surface area contributed by atoms with Gasteiger partial charge in [-0.15, -0.1) is 11.3 Å². The third-order valence-corrected chi connectivity index (χ3v) is 8.70. The highest BCUT2D eigenvalue weighted by molar-refractivity contribution is 7.09. The number of aliphatic hydroxyl groups is 1. The van der Waals surface area contributed by atoms with Crippen molar-refractivity contribution in [3.63, 3.8) is 0 Å². The molecule has 8 nitrogen and oxygen atoms in total. The number of piperidine rings is 1. The second-order valence-electron chi connectivity index (χ2n) is 10.1. The highest BCUT2D eigenvalue weighted by Crippen LogP contribution is 2.49. The molecular weight excluding hydrogens is 505 g/mol. The summed E-state index contributed by atoms with van der Waals surface area (Å²) in [7, 11) is 1.64. The van der Waals surface area contributed by atoms with Gasteiger partial charge < -0.3 is 25.0 Å². The van der Waals surface area contributed by atoms with Crippen molar-refractivity contribution in [3.8, 4) is 5.75 Å². The lowest BCUT2D eigenvalue weighted by Gasteiger charge is -2.50. The summed E-state index contributed by atoms with van der Waals surface area (Å²) in [6.07, 6.45) is 3.57. The zero-order valence-corrected chi connectivity index (χ0v) is 21.9. The highest BCUT2D eigenvalue weighted by atomic mass is 32.1. The molecule has 0 bridgehead atoms. The van der Waals surface area contributed by atoms with E-state index < -0.39 is 6.04 Å². The fourth-order valence-electron chi connectivity index (χ4n) is 6.02. The van der Waals surface area contributed by atoms with E-state index in [1.165, 1.54) is 17.7 Å². The predicted molar refractivity (Wildman–Crippen MR) is 145 cm³/mol. The second-order valence-corrected chi connectivity index (χ2v) is 11.0. The molecule has 2 aliphatic heterocycles. The van der Waals surface area contributed by atoms with E-state index in [2.05, 4.69) is 26.3 Å². The molecule has 10 heteroatoms. The molecule has 1 atom stereocenters. The number of thiazole rings is 1. The van der Waals surface area contributed by atoms with Crippen LogP contribution in [0.4, 0.5) is 14.9 Å². The molecule has 4 heterocycles. The summed E-state index contributed by atoms with van der Waals surface area (Å²) in [6.45, 7) is 2.82. The molecule has 4 aromatic rings. The van der Waals surface area contributed by atoms with Crippen molar-refractivity contribution in [2.24, 2.45) is 0 Å². The van der Waals surface area contributed by atoms with Crippen LogP contribution in [-0.4, -0.2) is 64.3 Å². The lowest BCUT2D eigenvalue weighted by molar-refractivity contribution is 0.0707. The van der Waals surface area contributed by atoms with E-state index in [1.54, 1.807) is 35.5 Å². The number of amides is 2. The first kappa shape index (κ1) is 24.8. The van der Waals surface area contributed by atoms with Crippen LogP contribution in [-0.2, 0) is 12.0 Å². The number of hydrogen-bond donors (Lipinski definition) is 3. The normalized spacial score (nSPS) is 19.0. The maximum Gasteiger partial charge on any atom is 0.322 e. The van der Waals surface area contributed by atoms with Gasteiger partial charge in [-0.3, -0.25) is 4.90 Å².